The SMILES string of the molecule is Cc1ccc(/C(N=CI)=N/N)cc1Br. The quantitative estimate of drug-likeness (QED) is 0.269. The van der Waals surface area contributed by atoms with Crippen molar-refractivity contribution in [3.05, 3.63) is 33.8 Å². The van der Waals surface area contributed by atoms with E-state index in [0.717, 1.165) is 10.0 Å². The third kappa shape index (κ3) is 2.78. The molecular formula is C9H9BrIN3. The lowest BCUT2D eigenvalue weighted by Gasteiger charge is -2.02. The number of aryl methyl sites for hydroxylation is 1. The van der Waals surface area contributed by atoms with Gasteiger partial charge in [0.05, 0.1) is 4.22 Å². The molecule has 0 heterocycles. The molecule has 0 atom stereocenters. The minimum atomic E-state index is 0.528. The first kappa shape index (κ1) is 11.6. The van der Waals surface area contributed by atoms with Gasteiger partial charge in [0.2, 0.25) is 0 Å². The van der Waals surface area contributed by atoms with Crippen molar-refractivity contribution in [2.75, 3.05) is 0 Å². The van der Waals surface area contributed by atoms with Crippen LogP contribution in [0.15, 0.2) is 32.8 Å². The topological polar surface area (TPSA) is 50.7 Å². The summed E-state index contributed by atoms with van der Waals surface area (Å²) in [5.74, 6) is 5.76. The Hall–Kier alpha value is -0.430. The summed E-state index contributed by atoms with van der Waals surface area (Å²) < 4.78 is 2.66. The van der Waals surface area contributed by atoms with Crippen LogP contribution in [0.5, 0.6) is 0 Å². The molecule has 0 aliphatic carbocycles. The number of halogens is 2. The van der Waals surface area contributed by atoms with Crippen LogP contribution in [0.1, 0.15) is 11.1 Å². The van der Waals surface area contributed by atoms with Crippen LogP contribution in [-0.2, 0) is 0 Å². The van der Waals surface area contributed by atoms with Gasteiger partial charge in [-0.2, -0.15) is 5.10 Å². The van der Waals surface area contributed by atoms with E-state index in [4.69, 9.17) is 5.84 Å². The van der Waals surface area contributed by atoms with E-state index in [0.29, 0.717) is 5.84 Å². The highest BCUT2D eigenvalue weighted by atomic mass is 127. The number of nitrogens with zero attached hydrogens (tertiary/aromatic N) is 2. The molecule has 0 aromatic heterocycles. The Morgan fingerprint density at radius 3 is 2.79 bits per heavy atom. The van der Waals surface area contributed by atoms with Crippen LogP contribution >= 0.6 is 38.5 Å². The van der Waals surface area contributed by atoms with E-state index < -0.39 is 0 Å². The van der Waals surface area contributed by atoms with E-state index in [1.807, 2.05) is 47.7 Å². The maximum absolute atomic E-state index is 5.23. The molecule has 3 nitrogen and oxygen atoms in total. The zero-order valence-electron chi connectivity index (χ0n) is 7.54. The number of hydrogen-bond acceptors (Lipinski definition) is 2. The number of aliphatic imine (C=N–C) groups is 1. The number of benzene rings is 1. The second-order valence-electron chi connectivity index (χ2n) is 2.64. The molecule has 0 aliphatic rings. The van der Waals surface area contributed by atoms with E-state index in [2.05, 4.69) is 26.0 Å². The Bertz CT molecular complexity index is 388. The van der Waals surface area contributed by atoms with Crippen molar-refractivity contribution in [1.29, 1.82) is 0 Å². The lowest BCUT2D eigenvalue weighted by Crippen LogP contribution is -2.01. The van der Waals surface area contributed by atoms with Crippen LogP contribution < -0.4 is 5.84 Å². The molecule has 0 amide bonds. The summed E-state index contributed by atoms with van der Waals surface area (Å²) in [6.45, 7) is 2.02. The van der Waals surface area contributed by atoms with Crippen LogP contribution in [0.25, 0.3) is 0 Å². The third-order valence-electron chi connectivity index (χ3n) is 1.72. The third-order valence-corrected chi connectivity index (χ3v) is 2.86. The second kappa shape index (κ2) is 5.45. The normalized spacial score (nSPS) is 12.4. The first-order valence-corrected chi connectivity index (χ1v) is 5.90. The Balaban J connectivity index is 3.13. The fourth-order valence-electron chi connectivity index (χ4n) is 0.961. The first-order valence-electron chi connectivity index (χ1n) is 3.86. The standard InChI is InChI=1S/C9H9BrIN3/c1-6-2-3-7(4-8(6)10)9(14-12)13-5-11/h2-5H,12H2,1H3/b13-5?,14-9-. The molecule has 1 aromatic rings. The van der Waals surface area contributed by atoms with Gasteiger partial charge in [-0.1, -0.05) is 28.1 Å². The molecule has 1 aromatic carbocycles. The molecule has 0 unspecified atom stereocenters. The lowest BCUT2D eigenvalue weighted by atomic mass is 10.1. The minimum absolute atomic E-state index is 0.528. The maximum atomic E-state index is 5.23. The molecule has 14 heavy (non-hydrogen) atoms. The summed E-state index contributed by atoms with van der Waals surface area (Å²) in [7, 11) is 0. The molecule has 0 fully saturated rings. The van der Waals surface area contributed by atoms with E-state index in [1.165, 1.54) is 5.56 Å². The second-order valence-corrected chi connectivity index (χ2v) is 4.05. The minimum Gasteiger partial charge on any atom is -0.321 e. The fraction of sp³-hybridized carbons (Fsp3) is 0.111. The monoisotopic (exact) mass is 365 g/mol. The zero-order valence-corrected chi connectivity index (χ0v) is 11.3. The highest BCUT2D eigenvalue weighted by molar-refractivity contribution is 14.1. The number of nitrogens with two attached hydrogens (primary N) is 1. The first-order chi connectivity index (χ1) is 6.69. The molecule has 74 valence electrons. The van der Waals surface area contributed by atoms with Crippen molar-refractivity contribution in [3.8, 4) is 0 Å². The van der Waals surface area contributed by atoms with Gasteiger partial charge in [-0.3, -0.25) is 0 Å². The molecule has 0 saturated heterocycles. The average molecular weight is 366 g/mol. The maximum Gasteiger partial charge on any atom is 0.179 e. The van der Waals surface area contributed by atoms with E-state index >= 15 is 0 Å². The van der Waals surface area contributed by atoms with E-state index in [9.17, 15) is 0 Å². The Labute approximate surface area is 105 Å². The van der Waals surface area contributed by atoms with E-state index in [-0.39, 0.29) is 0 Å². The molecule has 0 saturated carbocycles. The number of hydrazone groups is 1. The van der Waals surface area contributed by atoms with Gasteiger partial charge in [0.1, 0.15) is 0 Å². The molecule has 2 N–H and O–H groups in total. The summed E-state index contributed by atoms with van der Waals surface area (Å²) in [4.78, 5) is 4.05. The predicted octanol–water partition coefficient (Wildman–Crippen LogP) is 2.84. The molecule has 0 radical (unpaired) electrons. The van der Waals surface area contributed by atoms with Crippen LogP contribution in [-0.4, -0.2) is 10.1 Å². The Morgan fingerprint density at radius 2 is 2.29 bits per heavy atom. The molecule has 1 rings (SSSR count). The van der Waals surface area contributed by atoms with Crippen LogP contribution in [0.2, 0.25) is 0 Å². The Kier molecular flexibility index (Phi) is 4.53. The Morgan fingerprint density at radius 1 is 1.57 bits per heavy atom. The molecule has 0 aliphatic heterocycles. The highest BCUT2D eigenvalue weighted by Gasteiger charge is 2.02. The van der Waals surface area contributed by atoms with Gasteiger partial charge in [-0.25, -0.2) is 4.99 Å². The summed E-state index contributed by atoms with van der Waals surface area (Å²) in [5.41, 5.74) is 2.07. The number of rotatable bonds is 1. The van der Waals surface area contributed by atoms with Gasteiger partial charge < -0.3 is 5.84 Å². The van der Waals surface area contributed by atoms with Gasteiger partial charge in [0.25, 0.3) is 0 Å². The summed E-state index contributed by atoms with van der Waals surface area (Å²) in [6, 6.07) is 5.88. The molecular weight excluding hydrogens is 357 g/mol. The van der Waals surface area contributed by atoms with Crippen molar-refractivity contribution in [2.24, 2.45) is 15.9 Å². The van der Waals surface area contributed by atoms with Crippen molar-refractivity contribution in [3.63, 3.8) is 0 Å². The summed E-state index contributed by atoms with van der Waals surface area (Å²) in [6.07, 6.45) is 0. The fourth-order valence-corrected chi connectivity index (χ4v) is 1.60. The summed E-state index contributed by atoms with van der Waals surface area (Å²) >= 11 is 5.47. The van der Waals surface area contributed by atoms with Gasteiger partial charge in [-0.05, 0) is 41.1 Å². The number of hydrogen-bond donors (Lipinski definition) is 1. The highest BCUT2D eigenvalue weighted by Crippen LogP contribution is 2.18. The van der Waals surface area contributed by atoms with E-state index in [1.54, 1.807) is 4.22 Å². The largest absolute Gasteiger partial charge is 0.321 e. The van der Waals surface area contributed by atoms with Gasteiger partial charge in [0.15, 0.2) is 5.84 Å². The average Bonchev–Trinajstić information content (AvgIpc) is 2.19. The lowest BCUT2D eigenvalue weighted by molar-refractivity contribution is 1.23. The molecule has 0 bridgehead atoms. The predicted molar refractivity (Wildman–Crippen MR) is 72.1 cm³/mol. The molecule has 5 heteroatoms. The van der Waals surface area contributed by atoms with Crippen LogP contribution in [0.4, 0.5) is 0 Å². The zero-order chi connectivity index (χ0) is 10.6. The van der Waals surface area contributed by atoms with Crippen LogP contribution in [0, 0.1) is 6.92 Å². The van der Waals surface area contributed by atoms with Crippen molar-refractivity contribution in [1.82, 2.24) is 0 Å². The van der Waals surface area contributed by atoms with Gasteiger partial charge in [-0.15, -0.1) is 0 Å². The van der Waals surface area contributed by atoms with Crippen molar-refractivity contribution >= 4 is 48.6 Å². The summed E-state index contributed by atoms with van der Waals surface area (Å²) in [5, 5.41) is 3.61. The van der Waals surface area contributed by atoms with Crippen LogP contribution in [0.3, 0.4) is 0 Å². The molecule has 0 spiro atoms. The van der Waals surface area contributed by atoms with Gasteiger partial charge in [0, 0.05) is 10.0 Å². The smallest absolute Gasteiger partial charge is 0.179 e. The van der Waals surface area contributed by atoms with Gasteiger partial charge >= 0.3 is 0 Å². The van der Waals surface area contributed by atoms with Crippen molar-refractivity contribution in [2.45, 2.75) is 6.92 Å². The van der Waals surface area contributed by atoms with Crippen molar-refractivity contribution < 1.29 is 0 Å². The number of amidine groups is 1.